The summed E-state index contributed by atoms with van der Waals surface area (Å²) < 4.78 is 145. The van der Waals surface area contributed by atoms with Gasteiger partial charge in [0.15, 0.2) is 11.5 Å². The van der Waals surface area contributed by atoms with Crippen molar-refractivity contribution >= 4 is 145 Å². The summed E-state index contributed by atoms with van der Waals surface area (Å²) in [6.07, 6.45) is 1.63. The molecule has 398 valence electrons. The minimum absolute atomic E-state index is 0. The van der Waals surface area contributed by atoms with E-state index in [9.17, 15) is 71.7 Å². The second-order valence-electron chi connectivity index (χ2n) is 14.9. The van der Waals surface area contributed by atoms with E-state index >= 15 is 0 Å². The van der Waals surface area contributed by atoms with E-state index in [0.29, 0.717) is 30.0 Å². The molecule has 0 bridgehead atoms. The fraction of sp³-hybridized carbons (Fsp3) is 0. The minimum Gasteiger partial charge on any atom is -0.744 e. The van der Waals surface area contributed by atoms with E-state index in [1.54, 1.807) is 30.3 Å². The maximum absolute atomic E-state index is 13.7. The summed E-state index contributed by atoms with van der Waals surface area (Å²) in [5, 5.41) is 35.4. The molecule has 2 aliphatic rings. The maximum atomic E-state index is 13.7. The van der Waals surface area contributed by atoms with Gasteiger partial charge in [-0.05, 0) is 96.1 Å². The number of hydrogen-bond donors (Lipinski definition) is 7. The summed E-state index contributed by atoms with van der Waals surface area (Å²) in [6, 6.07) is 18.5. The number of aromatic hydroxyl groups is 2. The van der Waals surface area contributed by atoms with Crippen molar-refractivity contribution in [1.29, 1.82) is 0 Å². The monoisotopic (exact) mass is 1330 g/mol. The number of benzene rings is 5. The summed E-state index contributed by atoms with van der Waals surface area (Å²) in [5.74, 6) is -4.44. The molecule has 0 saturated carbocycles. The molecule has 7 N–H and O–H groups in total. The molecule has 6 aromatic rings. The first-order chi connectivity index (χ1) is 34.1. The number of allylic oxidation sites excluding steroid dienone is 2. The fourth-order valence-corrected chi connectivity index (χ4v) is 9.63. The molecule has 26 nitrogen and oxygen atoms in total. The van der Waals surface area contributed by atoms with Gasteiger partial charge in [-0.15, -0.1) is 0 Å². The molecular formula is C41H24Cl2Cu2N10Na4O16S4. The Morgan fingerprint density at radius 3 is 1.14 bits per heavy atom. The number of phenolic OH excluding ortho intramolecular Hbond substituents is 2. The number of hydrazone groups is 2. The number of Topliss-reactive ketones (excluding diaryl/α,β-unsaturated/α-hetero) is 2. The Bertz CT molecular complexity index is 3790. The summed E-state index contributed by atoms with van der Waals surface area (Å²) >= 11 is 11.7. The molecule has 5 aromatic carbocycles. The van der Waals surface area contributed by atoms with Crippen molar-refractivity contribution in [3.05, 3.63) is 133 Å². The third-order valence-corrected chi connectivity index (χ3v) is 13.9. The third kappa shape index (κ3) is 17.1. The number of nitrogens with zero attached hydrogens (tertiary/aromatic N) is 5. The molecule has 38 heteroatoms. The summed E-state index contributed by atoms with van der Waals surface area (Å²) in [7, 11) is -21.2. The Morgan fingerprint density at radius 1 is 0.468 bits per heavy atom. The molecule has 8 rings (SSSR count). The smallest absolute Gasteiger partial charge is 0.744 e. The molecule has 2 radical (unpaired) electrons. The number of rotatable bonds is 14. The number of hydrogen-bond acceptors (Lipinski definition) is 26. The Hall–Kier alpha value is -2.87. The van der Waals surface area contributed by atoms with Gasteiger partial charge in [-0.1, -0.05) is 41.4 Å². The van der Waals surface area contributed by atoms with E-state index in [2.05, 4.69) is 52.0 Å². The SMILES string of the molecule is O=C1C(=NNc2cc(S(=O)(=O)[O-])cc(Cl)c2O)C(S(=O)(=O)[O-])=Cc2cc(Nc3nc(Nc4ccccc4)nc(Nc4ccc5c(c4)C=C(S(=O)(=O)[O-])C(=NNc4cc(S(=O)(=O)[O-])cc(Cl)c4O)C5=O)n3)ccc21.[Cu].[Cu].[Na+].[Na+].[Na+].[Na+]. The van der Waals surface area contributed by atoms with Crippen LogP contribution in [0.3, 0.4) is 0 Å². The zero-order chi connectivity index (χ0) is 52.9. The van der Waals surface area contributed by atoms with E-state index in [4.69, 9.17) is 23.2 Å². The number of para-hydroxylation sites is 1. The van der Waals surface area contributed by atoms with Gasteiger partial charge >= 0.3 is 118 Å². The summed E-state index contributed by atoms with van der Waals surface area (Å²) in [4.78, 5) is 36.3. The maximum Gasteiger partial charge on any atom is 1.00 e. The quantitative estimate of drug-likeness (QED) is 0.0231. The number of fused-ring (bicyclic) bond motifs is 2. The van der Waals surface area contributed by atoms with Crippen LogP contribution in [0.2, 0.25) is 10.0 Å². The molecule has 1 heterocycles. The van der Waals surface area contributed by atoms with Crippen LogP contribution in [-0.2, 0) is 74.6 Å². The molecule has 2 aliphatic carbocycles. The van der Waals surface area contributed by atoms with Gasteiger partial charge in [0.1, 0.15) is 63.3 Å². The van der Waals surface area contributed by atoms with Gasteiger partial charge < -0.3 is 44.4 Å². The van der Waals surface area contributed by atoms with Crippen LogP contribution in [0.1, 0.15) is 31.8 Å². The number of halogens is 2. The van der Waals surface area contributed by atoms with E-state index in [1.165, 1.54) is 36.4 Å². The molecule has 0 spiro atoms. The number of aromatic nitrogens is 3. The second kappa shape index (κ2) is 28.6. The molecule has 0 amide bonds. The van der Waals surface area contributed by atoms with Crippen molar-refractivity contribution in [2.45, 2.75) is 9.79 Å². The van der Waals surface area contributed by atoms with Crippen molar-refractivity contribution in [3.8, 4) is 11.5 Å². The van der Waals surface area contributed by atoms with Gasteiger partial charge in [0.2, 0.25) is 29.4 Å². The predicted molar refractivity (Wildman–Crippen MR) is 257 cm³/mol. The molecule has 0 unspecified atom stereocenters. The van der Waals surface area contributed by atoms with Gasteiger partial charge in [0.05, 0.1) is 29.6 Å². The van der Waals surface area contributed by atoms with Crippen molar-refractivity contribution < 1.29 is 224 Å². The van der Waals surface area contributed by atoms with Crippen LogP contribution >= 0.6 is 23.2 Å². The van der Waals surface area contributed by atoms with E-state index in [1.807, 2.05) is 0 Å². The predicted octanol–water partition coefficient (Wildman–Crippen LogP) is -7.26. The Balaban J connectivity index is 0.00000356. The van der Waals surface area contributed by atoms with Crippen molar-refractivity contribution in [1.82, 2.24) is 15.0 Å². The van der Waals surface area contributed by atoms with Crippen LogP contribution in [0.4, 0.5) is 46.3 Å². The van der Waals surface area contributed by atoms with Crippen molar-refractivity contribution in [3.63, 3.8) is 0 Å². The standard InChI is InChI=1S/C41H28Cl2N10O16S4.2Cu.4Na/c42-27-14-23(70(58,59)60)16-29(37(27)56)50-52-33-31(72(64,65)66)12-18-10-21(6-8-25(18)35(33)54)45-40-47-39(44-20-4-2-1-3-5-20)48-41(49-40)46-22-7-9-26-19(11-22)13-32(73(67,68)69)34(36(26)55)53-51-30-17-24(71(61,62)63)15-28(43)38(30)57;;;;;;/h1-17,50-51,56-57H,(H,58,59,60)(H,61,62,63)(H,64,65,66)(H,67,68,69)(H3,44,45,46,47,48,49);;;;;;/q;;;4*+1/p-4. The number of phenols is 2. The number of nitrogens with one attached hydrogen (secondary N) is 5. The van der Waals surface area contributed by atoms with Crippen molar-refractivity contribution in [2.24, 2.45) is 10.2 Å². The zero-order valence-corrected chi connectivity index (χ0v) is 54.8. The molecule has 79 heavy (non-hydrogen) atoms. The first-order valence-electron chi connectivity index (χ1n) is 19.6. The number of carbonyl (C=O) groups is 2. The number of anilines is 8. The third-order valence-electron chi connectivity index (χ3n) is 10.0. The molecule has 1 aromatic heterocycles. The average Bonchev–Trinajstić information content (AvgIpc) is 3.29. The van der Waals surface area contributed by atoms with Crippen molar-refractivity contribution in [2.75, 3.05) is 26.8 Å². The van der Waals surface area contributed by atoms with Crippen LogP contribution in [0.25, 0.3) is 12.2 Å². The van der Waals surface area contributed by atoms with Crippen LogP contribution in [0.5, 0.6) is 11.5 Å². The molecular weight excluding hydrogens is 1310 g/mol. The average molecular weight is 1330 g/mol. The molecule has 0 atom stereocenters. The van der Waals surface area contributed by atoms with E-state index in [-0.39, 0.29) is 204 Å². The first kappa shape index (κ1) is 72.2. The van der Waals surface area contributed by atoms with Crippen LogP contribution < -0.4 is 145 Å². The normalized spacial score (nSPS) is 13.8. The van der Waals surface area contributed by atoms with E-state index in [0.717, 1.165) is 12.2 Å². The molecule has 0 fully saturated rings. The Morgan fingerprint density at radius 2 is 0.810 bits per heavy atom. The fourth-order valence-electron chi connectivity index (χ4n) is 6.72. The zero-order valence-electron chi connectivity index (χ0n) is 40.2. The molecule has 0 saturated heterocycles. The largest absolute Gasteiger partial charge is 1.00 e. The van der Waals surface area contributed by atoms with Gasteiger partial charge in [0.25, 0.3) is 0 Å². The summed E-state index contributed by atoms with van der Waals surface area (Å²) in [6.45, 7) is 0. The van der Waals surface area contributed by atoms with Crippen LogP contribution in [0, 0.1) is 0 Å². The van der Waals surface area contributed by atoms with Crippen LogP contribution in [0.15, 0.2) is 121 Å². The second-order valence-corrected chi connectivity index (χ2v) is 21.2. The van der Waals surface area contributed by atoms with E-state index < -0.39 is 116 Å². The Labute approximate surface area is 567 Å². The Kier molecular flexibility index (Phi) is 26.2. The van der Waals surface area contributed by atoms with Gasteiger partial charge in [-0.3, -0.25) is 20.4 Å². The topological polar surface area (TPSA) is 427 Å². The number of ketones is 2. The van der Waals surface area contributed by atoms with Crippen LogP contribution in [-0.4, -0.2) is 100 Å². The number of carbonyl (C=O) groups excluding carboxylic acids is 2. The van der Waals surface area contributed by atoms with Gasteiger partial charge in [0, 0.05) is 62.3 Å². The van der Waals surface area contributed by atoms with Gasteiger partial charge in [-0.25, -0.2) is 33.7 Å². The minimum atomic E-state index is -5.49. The summed E-state index contributed by atoms with van der Waals surface area (Å²) in [5.41, 5.74) is 0.950. The van der Waals surface area contributed by atoms with Gasteiger partial charge in [-0.2, -0.15) is 25.2 Å². The first-order valence-corrected chi connectivity index (χ1v) is 26.0. The molecule has 0 aliphatic heterocycles.